The Labute approximate surface area is 113 Å². The highest BCUT2D eigenvalue weighted by atomic mass is 32.1. The number of hydrogen-bond donors (Lipinski definition) is 1. The fourth-order valence-electron chi connectivity index (χ4n) is 2.04. The Bertz CT molecular complexity index is 634. The molecule has 3 rings (SSSR count). The van der Waals surface area contributed by atoms with Crippen LogP contribution in [0.1, 0.15) is 44.7 Å². The SMILES string of the molecule is O=C(O)c1sc(Cc2ccccc2F)nc1C1CC1. The van der Waals surface area contributed by atoms with Crippen molar-refractivity contribution in [3.63, 3.8) is 0 Å². The predicted molar refractivity (Wildman–Crippen MR) is 70.3 cm³/mol. The van der Waals surface area contributed by atoms with Gasteiger partial charge in [0, 0.05) is 12.3 Å². The second-order valence-electron chi connectivity index (χ2n) is 4.67. The first kappa shape index (κ1) is 12.3. The van der Waals surface area contributed by atoms with Gasteiger partial charge in [-0.3, -0.25) is 0 Å². The molecule has 0 saturated heterocycles. The number of thiazole rings is 1. The maximum atomic E-state index is 13.6. The van der Waals surface area contributed by atoms with Crippen molar-refractivity contribution in [3.05, 3.63) is 51.2 Å². The Kier molecular flexibility index (Phi) is 3.06. The molecule has 1 aromatic heterocycles. The molecule has 2 aromatic rings. The van der Waals surface area contributed by atoms with E-state index < -0.39 is 5.97 Å². The van der Waals surface area contributed by atoms with Crippen LogP contribution in [0.25, 0.3) is 0 Å². The Hall–Kier alpha value is -1.75. The van der Waals surface area contributed by atoms with E-state index in [0.29, 0.717) is 27.6 Å². The molecule has 1 aliphatic rings. The minimum atomic E-state index is -0.931. The number of nitrogens with zero attached hydrogens (tertiary/aromatic N) is 1. The Balaban J connectivity index is 1.91. The first-order valence-electron chi connectivity index (χ1n) is 6.11. The number of carboxylic acid groups (broad SMARTS) is 1. The molecule has 0 spiro atoms. The van der Waals surface area contributed by atoms with E-state index in [0.717, 1.165) is 24.2 Å². The summed E-state index contributed by atoms with van der Waals surface area (Å²) in [5, 5.41) is 9.84. The van der Waals surface area contributed by atoms with Crippen LogP contribution < -0.4 is 0 Å². The molecule has 5 heteroatoms. The monoisotopic (exact) mass is 277 g/mol. The highest BCUT2D eigenvalue weighted by Crippen LogP contribution is 2.42. The van der Waals surface area contributed by atoms with Gasteiger partial charge in [-0.15, -0.1) is 11.3 Å². The smallest absolute Gasteiger partial charge is 0.347 e. The van der Waals surface area contributed by atoms with Gasteiger partial charge in [0.2, 0.25) is 0 Å². The minimum Gasteiger partial charge on any atom is -0.477 e. The molecule has 98 valence electrons. The normalized spacial score (nSPS) is 14.6. The maximum absolute atomic E-state index is 13.6. The first-order chi connectivity index (χ1) is 9.15. The molecular weight excluding hydrogens is 265 g/mol. The van der Waals surface area contributed by atoms with Crippen molar-refractivity contribution in [3.8, 4) is 0 Å². The summed E-state index contributed by atoms with van der Waals surface area (Å²) in [6.45, 7) is 0. The number of carboxylic acids is 1. The van der Waals surface area contributed by atoms with E-state index in [-0.39, 0.29) is 11.7 Å². The van der Waals surface area contributed by atoms with Crippen LogP contribution in [0.3, 0.4) is 0 Å². The molecule has 1 heterocycles. The van der Waals surface area contributed by atoms with E-state index in [2.05, 4.69) is 4.98 Å². The third-order valence-electron chi connectivity index (χ3n) is 3.16. The maximum Gasteiger partial charge on any atom is 0.347 e. The van der Waals surface area contributed by atoms with E-state index in [9.17, 15) is 14.3 Å². The van der Waals surface area contributed by atoms with Crippen LogP contribution in [-0.2, 0) is 6.42 Å². The lowest BCUT2D eigenvalue weighted by atomic mass is 10.1. The lowest BCUT2D eigenvalue weighted by molar-refractivity contribution is 0.0700. The molecule has 3 nitrogen and oxygen atoms in total. The molecule has 19 heavy (non-hydrogen) atoms. The zero-order valence-corrected chi connectivity index (χ0v) is 10.9. The molecule has 0 bridgehead atoms. The fraction of sp³-hybridized carbons (Fsp3) is 0.286. The zero-order chi connectivity index (χ0) is 13.4. The largest absolute Gasteiger partial charge is 0.477 e. The number of carbonyl (C=O) groups is 1. The van der Waals surface area contributed by atoms with E-state index in [1.54, 1.807) is 18.2 Å². The fourth-order valence-corrected chi connectivity index (χ4v) is 3.06. The van der Waals surface area contributed by atoms with Crippen molar-refractivity contribution in [1.29, 1.82) is 0 Å². The van der Waals surface area contributed by atoms with Crippen LogP contribution in [0.15, 0.2) is 24.3 Å². The summed E-state index contributed by atoms with van der Waals surface area (Å²) < 4.78 is 13.6. The molecule has 1 N–H and O–H groups in total. The van der Waals surface area contributed by atoms with Crippen LogP contribution in [0, 0.1) is 5.82 Å². The van der Waals surface area contributed by atoms with Crippen LogP contribution in [0.2, 0.25) is 0 Å². The van der Waals surface area contributed by atoms with Crippen LogP contribution in [0.5, 0.6) is 0 Å². The number of aromatic carboxylic acids is 1. The Morgan fingerprint density at radius 3 is 2.79 bits per heavy atom. The van der Waals surface area contributed by atoms with Crippen LogP contribution in [-0.4, -0.2) is 16.1 Å². The van der Waals surface area contributed by atoms with Crippen LogP contribution >= 0.6 is 11.3 Å². The average Bonchev–Trinajstić information content (AvgIpc) is 3.13. The van der Waals surface area contributed by atoms with Crippen molar-refractivity contribution in [2.24, 2.45) is 0 Å². The van der Waals surface area contributed by atoms with Crippen molar-refractivity contribution >= 4 is 17.3 Å². The van der Waals surface area contributed by atoms with E-state index in [4.69, 9.17) is 0 Å². The molecule has 0 radical (unpaired) electrons. The van der Waals surface area contributed by atoms with Gasteiger partial charge >= 0.3 is 5.97 Å². The topological polar surface area (TPSA) is 50.2 Å². The molecular formula is C14H12FNO2S. The summed E-state index contributed by atoms with van der Waals surface area (Å²) >= 11 is 1.16. The summed E-state index contributed by atoms with van der Waals surface area (Å²) in [5.74, 6) is -0.918. The molecule has 0 unspecified atom stereocenters. The van der Waals surface area contributed by atoms with Crippen molar-refractivity contribution < 1.29 is 14.3 Å². The standard InChI is InChI=1S/C14H12FNO2S/c15-10-4-2-1-3-9(10)7-11-16-12(8-5-6-8)13(19-11)14(17)18/h1-4,8H,5-7H2,(H,17,18). The van der Waals surface area contributed by atoms with Crippen LogP contribution in [0.4, 0.5) is 4.39 Å². The van der Waals surface area contributed by atoms with Gasteiger partial charge in [-0.1, -0.05) is 18.2 Å². The van der Waals surface area contributed by atoms with Crippen molar-refractivity contribution in [2.75, 3.05) is 0 Å². The molecule has 0 amide bonds. The summed E-state index contributed by atoms with van der Waals surface area (Å²) in [4.78, 5) is 15.9. The Morgan fingerprint density at radius 1 is 1.42 bits per heavy atom. The number of halogens is 1. The lowest BCUT2D eigenvalue weighted by Crippen LogP contribution is -1.97. The number of hydrogen-bond acceptors (Lipinski definition) is 3. The van der Waals surface area contributed by atoms with Gasteiger partial charge in [0.15, 0.2) is 0 Å². The number of benzene rings is 1. The van der Waals surface area contributed by atoms with Crippen molar-refractivity contribution in [2.45, 2.75) is 25.2 Å². The molecule has 1 fully saturated rings. The first-order valence-corrected chi connectivity index (χ1v) is 6.93. The van der Waals surface area contributed by atoms with Gasteiger partial charge in [-0.2, -0.15) is 0 Å². The van der Waals surface area contributed by atoms with E-state index in [1.165, 1.54) is 6.07 Å². The highest BCUT2D eigenvalue weighted by Gasteiger charge is 2.32. The van der Waals surface area contributed by atoms with Gasteiger partial charge in [0.25, 0.3) is 0 Å². The molecule has 0 aliphatic heterocycles. The summed E-state index contributed by atoms with van der Waals surface area (Å²) in [6, 6.07) is 6.52. The minimum absolute atomic E-state index is 0.275. The van der Waals surface area contributed by atoms with E-state index >= 15 is 0 Å². The second-order valence-corrected chi connectivity index (χ2v) is 5.75. The summed E-state index contributed by atoms with van der Waals surface area (Å²) in [7, 11) is 0. The molecule has 1 aromatic carbocycles. The summed E-state index contributed by atoms with van der Waals surface area (Å²) in [5.41, 5.74) is 1.24. The molecule has 1 aliphatic carbocycles. The molecule has 1 saturated carbocycles. The molecule has 0 atom stereocenters. The highest BCUT2D eigenvalue weighted by molar-refractivity contribution is 7.13. The number of aromatic nitrogens is 1. The van der Waals surface area contributed by atoms with Gasteiger partial charge in [-0.05, 0) is 24.5 Å². The van der Waals surface area contributed by atoms with Crippen molar-refractivity contribution in [1.82, 2.24) is 4.98 Å². The summed E-state index contributed by atoms with van der Waals surface area (Å²) in [6.07, 6.45) is 2.36. The number of rotatable bonds is 4. The van der Waals surface area contributed by atoms with Gasteiger partial charge in [-0.25, -0.2) is 14.2 Å². The van der Waals surface area contributed by atoms with E-state index in [1.807, 2.05) is 0 Å². The zero-order valence-electron chi connectivity index (χ0n) is 10.1. The lowest BCUT2D eigenvalue weighted by Gasteiger charge is -1.99. The van der Waals surface area contributed by atoms with Gasteiger partial charge < -0.3 is 5.11 Å². The van der Waals surface area contributed by atoms with Gasteiger partial charge in [0.1, 0.15) is 10.7 Å². The van der Waals surface area contributed by atoms with Gasteiger partial charge in [0.05, 0.1) is 10.7 Å². The second kappa shape index (κ2) is 4.74. The third kappa shape index (κ3) is 2.51. The third-order valence-corrected chi connectivity index (χ3v) is 4.21. The quantitative estimate of drug-likeness (QED) is 0.931. The Morgan fingerprint density at radius 2 is 2.16 bits per heavy atom. The predicted octanol–water partition coefficient (Wildman–Crippen LogP) is 3.45. The average molecular weight is 277 g/mol.